The quantitative estimate of drug-likeness (QED) is 0.746. The van der Waals surface area contributed by atoms with Crippen LogP contribution in [0.2, 0.25) is 0 Å². The van der Waals surface area contributed by atoms with Gasteiger partial charge in [0.2, 0.25) is 0 Å². The highest BCUT2D eigenvalue weighted by molar-refractivity contribution is 5.87. The van der Waals surface area contributed by atoms with Crippen LogP contribution in [0.25, 0.3) is 11.2 Å². The summed E-state index contributed by atoms with van der Waals surface area (Å²) in [6, 6.07) is 4.04. The predicted octanol–water partition coefficient (Wildman–Crippen LogP) is 1.87. The molecule has 0 amide bonds. The van der Waals surface area contributed by atoms with Crippen molar-refractivity contribution in [2.75, 3.05) is 23.8 Å². The van der Waals surface area contributed by atoms with Gasteiger partial charge in [0.1, 0.15) is 5.82 Å². The SMILES string of the molecule is CNc1cnc2c(N3CCCc4ncccc43)n[nH]c2n1. The molecule has 0 atom stereocenters. The Morgan fingerprint density at radius 2 is 2.29 bits per heavy atom. The molecule has 0 unspecified atom stereocenters. The number of fused-ring (bicyclic) bond motifs is 2. The van der Waals surface area contributed by atoms with Crippen LogP contribution in [0.15, 0.2) is 24.5 Å². The summed E-state index contributed by atoms with van der Waals surface area (Å²) in [5.41, 5.74) is 3.69. The second-order valence-electron chi connectivity index (χ2n) is 4.97. The fourth-order valence-corrected chi connectivity index (χ4v) is 2.71. The molecule has 4 rings (SSSR count). The van der Waals surface area contributed by atoms with Crippen LogP contribution >= 0.6 is 0 Å². The van der Waals surface area contributed by atoms with E-state index in [9.17, 15) is 0 Å². The normalized spacial score (nSPS) is 14.2. The lowest BCUT2D eigenvalue weighted by Gasteiger charge is -2.28. The Hall–Kier alpha value is -2.70. The van der Waals surface area contributed by atoms with Gasteiger partial charge >= 0.3 is 0 Å². The molecule has 0 fully saturated rings. The molecule has 1 aliphatic heterocycles. The average molecular weight is 281 g/mol. The maximum absolute atomic E-state index is 4.48. The summed E-state index contributed by atoms with van der Waals surface area (Å²) < 4.78 is 0. The zero-order chi connectivity index (χ0) is 14.2. The van der Waals surface area contributed by atoms with Gasteiger partial charge in [-0.2, -0.15) is 5.10 Å². The molecule has 3 aromatic heterocycles. The van der Waals surface area contributed by atoms with Crippen LogP contribution in [0.3, 0.4) is 0 Å². The summed E-state index contributed by atoms with van der Waals surface area (Å²) in [4.78, 5) is 15.5. The highest BCUT2D eigenvalue weighted by Gasteiger charge is 2.23. The van der Waals surface area contributed by atoms with Gasteiger partial charge in [-0.15, -0.1) is 0 Å². The van der Waals surface area contributed by atoms with E-state index in [4.69, 9.17) is 0 Å². The molecule has 0 radical (unpaired) electrons. The first-order valence-corrected chi connectivity index (χ1v) is 6.97. The average Bonchev–Trinajstić information content (AvgIpc) is 2.97. The van der Waals surface area contributed by atoms with Gasteiger partial charge in [0.05, 0.1) is 17.6 Å². The lowest BCUT2D eigenvalue weighted by Crippen LogP contribution is -2.25. The summed E-state index contributed by atoms with van der Waals surface area (Å²) in [6.45, 7) is 0.911. The summed E-state index contributed by atoms with van der Waals surface area (Å²) in [7, 11) is 1.82. The van der Waals surface area contributed by atoms with Crippen LogP contribution in [0.1, 0.15) is 12.1 Å². The minimum Gasteiger partial charge on any atom is -0.372 e. The molecular formula is C14H15N7. The first-order chi connectivity index (χ1) is 10.4. The van der Waals surface area contributed by atoms with Crippen molar-refractivity contribution in [3.05, 3.63) is 30.2 Å². The molecule has 7 heteroatoms. The van der Waals surface area contributed by atoms with E-state index in [-0.39, 0.29) is 0 Å². The smallest absolute Gasteiger partial charge is 0.183 e. The minimum absolute atomic E-state index is 0.688. The van der Waals surface area contributed by atoms with E-state index in [1.54, 1.807) is 6.20 Å². The second kappa shape index (κ2) is 4.69. The lowest BCUT2D eigenvalue weighted by atomic mass is 10.1. The Morgan fingerprint density at radius 3 is 3.19 bits per heavy atom. The van der Waals surface area contributed by atoms with Crippen molar-refractivity contribution in [1.29, 1.82) is 0 Å². The number of pyridine rings is 1. The number of aryl methyl sites for hydroxylation is 1. The standard InChI is InChI=1S/C14H15N7/c1-15-11-8-17-12-13(18-11)19-20-14(12)21-7-3-4-9-10(21)5-2-6-16-9/h2,5-6,8H,3-4,7H2,1H3,(H2,15,18,19,20). The number of H-pyrrole nitrogens is 1. The molecular weight excluding hydrogens is 266 g/mol. The molecule has 0 saturated carbocycles. The highest BCUT2D eigenvalue weighted by atomic mass is 15.3. The maximum atomic E-state index is 4.48. The van der Waals surface area contributed by atoms with E-state index in [0.717, 1.165) is 47.9 Å². The first kappa shape index (κ1) is 12.1. The van der Waals surface area contributed by atoms with Crippen molar-refractivity contribution in [1.82, 2.24) is 25.1 Å². The largest absolute Gasteiger partial charge is 0.372 e. The van der Waals surface area contributed by atoms with Crippen LogP contribution in [0.4, 0.5) is 17.3 Å². The fraction of sp³-hybridized carbons (Fsp3) is 0.286. The number of nitrogens with zero attached hydrogens (tertiary/aromatic N) is 5. The molecule has 7 nitrogen and oxygen atoms in total. The van der Waals surface area contributed by atoms with Gasteiger partial charge in [0.25, 0.3) is 0 Å². The number of nitrogens with one attached hydrogen (secondary N) is 2. The van der Waals surface area contributed by atoms with Crippen molar-refractivity contribution in [2.45, 2.75) is 12.8 Å². The van der Waals surface area contributed by atoms with E-state index in [0.29, 0.717) is 5.65 Å². The number of aromatic amines is 1. The van der Waals surface area contributed by atoms with Gasteiger partial charge in [-0.1, -0.05) is 0 Å². The molecule has 3 aromatic rings. The van der Waals surface area contributed by atoms with Crippen LogP contribution in [0.5, 0.6) is 0 Å². The zero-order valence-corrected chi connectivity index (χ0v) is 11.7. The molecule has 0 spiro atoms. The van der Waals surface area contributed by atoms with Crippen molar-refractivity contribution in [3.63, 3.8) is 0 Å². The summed E-state index contributed by atoms with van der Waals surface area (Å²) >= 11 is 0. The van der Waals surface area contributed by atoms with Crippen molar-refractivity contribution in [3.8, 4) is 0 Å². The molecule has 1 aliphatic rings. The van der Waals surface area contributed by atoms with Crippen LogP contribution in [-0.4, -0.2) is 38.7 Å². The van der Waals surface area contributed by atoms with Crippen LogP contribution in [-0.2, 0) is 6.42 Å². The van der Waals surface area contributed by atoms with Crippen molar-refractivity contribution < 1.29 is 0 Å². The molecule has 0 bridgehead atoms. The van der Waals surface area contributed by atoms with Crippen molar-refractivity contribution >= 4 is 28.5 Å². The Labute approximate surface area is 121 Å². The molecule has 0 aliphatic carbocycles. The van der Waals surface area contributed by atoms with E-state index in [2.05, 4.69) is 41.4 Å². The zero-order valence-electron chi connectivity index (χ0n) is 11.7. The van der Waals surface area contributed by atoms with E-state index >= 15 is 0 Å². The number of hydrogen-bond acceptors (Lipinski definition) is 6. The summed E-state index contributed by atoms with van der Waals surface area (Å²) in [6.07, 6.45) is 5.62. The fourth-order valence-electron chi connectivity index (χ4n) is 2.71. The molecule has 0 saturated heterocycles. The van der Waals surface area contributed by atoms with Crippen LogP contribution < -0.4 is 10.2 Å². The van der Waals surface area contributed by atoms with E-state index < -0.39 is 0 Å². The third-order valence-corrected chi connectivity index (χ3v) is 3.72. The Morgan fingerprint density at radius 1 is 1.33 bits per heavy atom. The number of hydrogen-bond donors (Lipinski definition) is 2. The topological polar surface area (TPSA) is 82.6 Å². The Bertz CT molecular complexity index is 795. The summed E-state index contributed by atoms with van der Waals surface area (Å²) in [5.74, 6) is 1.53. The van der Waals surface area contributed by atoms with E-state index in [1.807, 2.05) is 19.3 Å². The van der Waals surface area contributed by atoms with Crippen molar-refractivity contribution in [2.24, 2.45) is 0 Å². The van der Waals surface area contributed by atoms with Gasteiger partial charge in [0, 0.05) is 19.8 Å². The predicted molar refractivity (Wildman–Crippen MR) is 80.8 cm³/mol. The Balaban J connectivity index is 1.84. The van der Waals surface area contributed by atoms with Gasteiger partial charge in [-0.05, 0) is 25.0 Å². The third kappa shape index (κ3) is 1.89. The molecule has 0 aromatic carbocycles. The third-order valence-electron chi connectivity index (χ3n) is 3.72. The molecule has 21 heavy (non-hydrogen) atoms. The summed E-state index contributed by atoms with van der Waals surface area (Å²) in [5, 5.41) is 10.4. The number of aromatic nitrogens is 5. The highest BCUT2D eigenvalue weighted by Crippen LogP contribution is 2.33. The number of anilines is 3. The maximum Gasteiger partial charge on any atom is 0.183 e. The Kier molecular flexibility index (Phi) is 2.70. The van der Waals surface area contributed by atoms with Gasteiger partial charge < -0.3 is 10.2 Å². The molecule has 4 heterocycles. The van der Waals surface area contributed by atoms with Gasteiger partial charge in [-0.3, -0.25) is 10.1 Å². The minimum atomic E-state index is 0.688. The molecule has 106 valence electrons. The van der Waals surface area contributed by atoms with Crippen LogP contribution in [0, 0.1) is 0 Å². The lowest BCUT2D eigenvalue weighted by molar-refractivity contribution is 0.738. The van der Waals surface area contributed by atoms with E-state index in [1.165, 1.54) is 0 Å². The van der Waals surface area contributed by atoms with Gasteiger partial charge in [-0.25, -0.2) is 9.97 Å². The monoisotopic (exact) mass is 281 g/mol. The first-order valence-electron chi connectivity index (χ1n) is 6.97. The van der Waals surface area contributed by atoms with Gasteiger partial charge in [0.15, 0.2) is 17.0 Å². The second-order valence-corrected chi connectivity index (χ2v) is 4.97. The molecule has 2 N–H and O–H groups in total. The number of rotatable bonds is 2.